The zero-order valence-electron chi connectivity index (χ0n) is 14.8. The van der Waals surface area contributed by atoms with Crippen LogP contribution in [0.15, 0.2) is 24.3 Å². The SMILES string of the molecule is CC(C)(C)[C@H]1CCc2c(sc3c2C(=O)N[C@H](c2cccc(Cl)c2)N3)C1. The molecule has 1 aliphatic carbocycles. The van der Waals surface area contributed by atoms with Gasteiger partial charge in [-0.05, 0) is 53.9 Å². The topological polar surface area (TPSA) is 41.1 Å². The number of amides is 1. The molecule has 0 radical (unpaired) electrons. The minimum absolute atomic E-state index is 0.0328. The number of nitrogens with one attached hydrogen (secondary N) is 2. The van der Waals surface area contributed by atoms with Gasteiger partial charge in [0.2, 0.25) is 0 Å². The molecule has 0 unspecified atom stereocenters. The number of carbonyl (C=O) groups excluding carboxylic acids is 1. The second-order valence-corrected chi connectivity index (χ2v) is 9.66. The number of benzene rings is 1. The summed E-state index contributed by atoms with van der Waals surface area (Å²) >= 11 is 7.86. The fraction of sp³-hybridized carbons (Fsp3) is 0.450. The number of thiophene rings is 1. The standard InChI is InChI=1S/C20H23ClN2OS/c1-20(2,3)12-7-8-14-15(10-12)25-19-16(14)18(24)22-17(23-19)11-5-4-6-13(21)9-11/h4-6,9,12,17,23H,7-8,10H2,1-3H3,(H,22,24)/t12-,17-/m0/s1. The van der Waals surface area contributed by atoms with Gasteiger partial charge >= 0.3 is 0 Å². The van der Waals surface area contributed by atoms with Gasteiger partial charge in [0.05, 0.1) is 5.56 Å². The third-order valence-corrected chi connectivity index (χ3v) is 6.87. The van der Waals surface area contributed by atoms with Crippen LogP contribution in [0.25, 0.3) is 0 Å². The number of hydrogen-bond acceptors (Lipinski definition) is 3. The number of rotatable bonds is 1. The summed E-state index contributed by atoms with van der Waals surface area (Å²) in [4.78, 5) is 14.2. The second-order valence-electron chi connectivity index (χ2n) is 8.12. The minimum Gasteiger partial charge on any atom is -0.353 e. The molecule has 2 heterocycles. The maximum atomic E-state index is 12.8. The van der Waals surface area contributed by atoms with Crippen molar-refractivity contribution in [3.05, 3.63) is 50.9 Å². The zero-order chi connectivity index (χ0) is 17.8. The van der Waals surface area contributed by atoms with Crippen molar-refractivity contribution >= 4 is 33.8 Å². The smallest absolute Gasteiger partial charge is 0.256 e. The first-order valence-corrected chi connectivity index (χ1v) is 10.00. The Labute approximate surface area is 157 Å². The molecule has 1 amide bonds. The van der Waals surface area contributed by atoms with Gasteiger partial charge in [0.1, 0.15) is 11.2 Å². The lowest BCUT2D eigenvalue weighted by Gasteiger charge is -2.34. The summed E-state index contributed by atoms with van der Waals surface area (Å²) in [6, 6.07) is 7.64. The maximum Gasteiger partial charge on any atom is 0.256 e. The number of hydrogen-bond donors (Lipinski definition) is 2. The van der Waals surface area contributed by atoms with Crippen LogP contribution < -0.4 is 10.6 Å². The Morgan fingerprint density at radius 3 is 2.76 bits per heavy atom. The predicted octanol–water partition coefficient (Wildman–Crippen LogP) is 5.41. The highest BCUT2D eigenvalue weighted by Crippen LogP contribution is 2.46. The predicted molar refractivity (Wildman–Crippen MR) is 105 cm³/mol. The Hall–Kier alpha value is -1.52. The molecule has 25 heavy (non-hydrogen) atoms. The molecule has 0 saturated heterocycles. The Morgan fingerprint density at radius 1 is 1.24 bits per heavy atom. The van der Waals surface area contributed by atoms with E-state index in [1.54, 1.807) is 11.3 Å². The van der Waals surface area contributed by atoms with Crippen LogP contribution in [0.4, 0.5) is 5.00 Å². The fourth-order valence-electron chi connectivity index (χ4n) is 3.89. The summed E-state index contributed by atoms with van der Waals surface area (Å²) in [5, 5.41) is 8.29. The summed E-state index contributed by atoms with van der Waals surface area (Å²) in [5.41, 5.74) is 3.41. The normalized spacial score (nSPS) is 22.6. The molecule has 3 nitrogen and oxygen atoms in total. The molecule has 2 aromatic rings. The van der Waals surface area contributed by atoms with E-state index in [2.05, 4.69) is 31.4 Å². The molecule has 0 saturated carbocycles. The van der Waals surface area contributed by atoms with Crippen LogP contribution in [0, 0.1) is 11.3 Å². The van der Waals surface area contributed by atoms with Gasteiger partial charge < -0.3 is 10.6 Å². The molecule has 1 aromatic carbocycles. The molecule has 1 aromatic heterocycles. The number of carbonyl (C=O) groups is 1. The molecular weight excluding hydrogens is 352 g/mol. The molecule has 4 rings (SSSR count). The lowest BCUT2D eigenvalue weighted by atomic mass is 9.72. The highest BCUT2D eigenvalue weighted by molar-refractivity contribution is 7.16. The van der Waals surface area contributed by atoms with Gasteiger partial charge in [-0.2, -0.15) is 0 Å². The van der Waals surface area contributed by atoms with E-state index >= 15 is 0 Å². The molecule has 1 aliphatic heterocycles. The molecule has 0 bridgehead atoms. The van der Waals surface area contributed by atoms with Crippen LogP contribution in [-0.2, 0) is 12.8 Å². The zero-order valence-corrected chi connectivity index (χ0v) is 16.4. The van der Waals surface area contributed by atoms with E-state index in [0.29, 0.717) is 16.4 Å². The fourth-order valence-corrected chi connectivity index (χ4v) is 5.44. The van der Waals surface area contributed by atoms with Crippen molar-refractivity contribution in [2.24, 2.45) is 11.3 Å². The summed E-state index contributed by atoms with van der Waals surface area (Å²) in [7, 11) is 0. The van der Waals surface area contributed by atoms with Gasteiger partial charge in [-0.15, -0.1) is 11.3 Å². The van der Waals surface area contributed by atoms with Gasteiger partial charge in [0.25, 0.3) is 5.91 Å². The lowest BCUT2D eigenvalue weighted by molar-refractivity contribution is 0.0935. The van der Waals surface area contributed by atoms with Crippen LogP contribution in [-0.4, -0.2) is 5.91 Å². The molecule has 0 fully saturated rings. The average molecular weight is 375 g/mol. The van der Waals surface area contributed by atoms with Gasteiger partial charge in [-0.1, -0.05) is 44.5 Å². The Bertz CT molecular complexity index is 837. The van der Waals surface area contributed by atoms with Crippen molar-refractivity contribution in [1.29, 1.82) is 0 Å². The van der Waals surface area contributed by atoms with Gasteiger partial charge in [0.15, 0.2) is 0 Å². The molecule has 2 atom stereocenters. The molecule has 5 heteroatoms. The minimum atomic E-state index is -0.225. The van der Waals surface area contributed by atoms with E-state index in [-0.39, 0.29) is 12.1 Å². The van der Waals surface area contributed by atoms with Gasteiger partial charge in [0, 0.05) is 9.90 Å². The molecular formula is C20H23ClN2OS. The van der Waals surface area contributed by atoms with Crippen molar-refractivity contribution in [2.75, 3.05) is 5.32 Å². The van der Waals surface area contributed by atoms with E-state index in [1.807, 2.05) is 24.3 Å². The van der Waals surface area contributed by atoms with Crippen LogP contribution in [0.1, 0.15) is 59.7 Å². The molecule has 0 spiro atoms. The first-order chi connectivity index (χ1) is 11.8. The van der Waals surface area contributed by atoms with Crippen LogP contribution in [0.5, 0.6) is 0 Å². The third-order valence-electron chi connectivity index (χ3n) is 5.45. The van der Waals surface area contributed by atoms with E-state index in [1.165, 1.54) is 10.4 Å². The summed E-state index contributed by atoms with van der Waals surface area (Å²) in [6.45, 7) is 6.95. The highest BCUT2D eigenvalue weighted by Gasteiger charge is 2.36. The monoisotopic (exact) mass is 374 g/mol. The number of fused-ring (bicyclic) bond motifs is 3. The summed E-state index contributed by atoms with van der Waals surface area (Å²) in [6.07, 6.45) is 3.01. The second kappa shape index (κ2) is 6.03. The van der Waals surface area contributed by atoms with Crippen molar-refractivity contribution in [1.82, 2.24) is 5.32 Å². The van der Waals surface area contributed by atoms with Crippen molar-refractivity contribution in [3.8, 4) is 0 Å². The number of anilines is 1. The van der Waals surface area contributed by atoms with Crippen molar-refractivity contribution in [2.45, 2.75) is 46.2 Å². The van der Waals surface area contributed by atoms with E-state index in [4.69, 9.17) is 11.6 Å². The van der Waals surface area contributed by atoms with Crippen LogP contribution in [0.3, 0.4) is 0 Å². The Morgan fingerprint density at radius 2 is 2.04 bits per heavy atom. The van der Waals surface area contributed by atoms with Gasteiger partial charge in [-0.25, -0.2) is 0 Å². The summed E-state index contributed by atoms with van der Waals surface area (Å²) < 4.78 is 0. The molecule has 2 aliphatic rings. The summed E-state index contributed by atoms with van der Waals surface area (Å²) in [5.74, 6) is 0.706. The van der Waals surface area contributed by atoms with E-state index in [0.717, 1.165) is 35.4 Å². The van der Waals surface area contributed by atoms with E-state index in [9.17, 15) is 4.79 Å². The molecule has 2 N–H and O–H groups in total. The quantitative estimate of drug-likeness (QED) is 0.701. The highest BCUT2D eigenvalue weighted by atomic mass is 35.5. The average Bonchev–Trinajstić information content (AvgIpc) is 2.92. The Balaban J connectivity index is 1.66. The number of halogens is 1. The van der Waals surface area contributed by atoms with Crippen molar-refractivity contribution in [3.63, 3.8) is 0 Å². The van der Waals surface area contributed by atoms with E-state index < -0.39 is 0 Å². The Kier molecular flexibility index (Phi) is 4.08. The van der Waals surface area contributed by atoms with Crippen LogP contribution >= 0.6 is 22.9 Å². The van der Waals surface area contributed by atoms with Crippen LogP contribution in [0.2, 0.25) is 5.02 Å². The largest absolute Gasteiger partial charge is 0.353 e. The molecule has 132 valence electrons. The van der Waals surface area contributed by atoms with Crippen molar-refractivity contribution < 1.29 is 4.79 Å². The first kappa shape index (κ1) is 16.9. The third kappa shape index (κ3) is 3.06. The lowest BCUT2D eigenvalue weighted by Crippen LogP contribution is -2.38. The van der Waals surface area contributed by atoms with Gasteiger partial charge in [-0.3, -0.25) is 4.79 Å². The maximum absolute atomic E-state index is 12.8. The first-order valence-electron chi connectivity index (χ1n) is 8.80.